The molecule has 0 saturated heterocycles. The molecule has 0 amide bonds. The van der Waals surface area contributed by atoms with E-state index in [0.717, 1.165) is 5.56 Å². The Kier molecular flexibility index (Phi) is 4.85. The van der Waals surface area contributed by atoms with Crippen LogP contribution in [-0.2, 0) is 24.5 Å². The highest BCUT2D eigenvalue weighted by Crippen LogP contribution is 2.28. The number of rotatable bonds is 7. The summed E-state index contributed by atoms with van der Waals surface area (Å²) in [5.41, 5.74) is 6.67. The van der Waals surface area contributed by atoms with Gasteiger partial charge in [0.1, 0.15) is 18.9 Å². The third kappa shape index (κ3) is 3.77. The molecule has 0 saturated carbocycles. The second-order valence-corrected chi connectivity index (χ2v) is 4.27. The molecule has 0 spiro atoms. The van der Waals surface area contributed by atoms with Crippen molar-refractivity contribution in [1.29, 1.82) is 0 Å². The number of nitrogens with zero attached hydrogens (tertiary/aromatic N) is 2. The van der Waals surface area contributed by atoms with Crippen molar-refractivity contribution in [3.05, 3.63) is 51.4 Å². The minimum Gasteiger partial charge on any atom is -0.480 e. The lowest BCUT2D eigenvalue weighted by molar-refractivity contribution is -0.386. The van der Waals surface area contributed by atoms with Crippen LogP contribution in [0.4, 0.5) is 5.69 Å². The summed E-state index contributed by atoms with van der Waals surface area (Å²) < 4.78 is 15.4. The molecule has 0 fully saturated rings. The Bertz CT molecular complexity index is 626. The third-order valence-electron chi connectivity index (χ3n) is 2.73. The monoisotopic (exact) mass is 293 g/mol. The molecule has 2 aromatic rings. The maximum Gasteiger partial charge on any atom is 0.310 e. The van der Waals surface area contributed by atoms with E-state index in [1.165, 1.54) is 6.07 Å². The largest absolute Gasteiger partial charge is 0.480 e. The Hall–Kier alpha value is -2.45. The average molecular weight is 293 g/mol. The van der Waals surface area contributed by atoms with Crippen molar-refractivity contribution in [2.75, 3.05) is 7.11 Å². The molecule has 0 aliphatic carbocycles. The van der Waals surface area contributed by atoms with Gasteiger partial charge in [0.25, 0.3) is 0 Å². The minimum absolute atomic E-state index is 0.0576. The van der Waals surface area contributed by atoms with Crippen molar-refractivity contribution in [3.8, 4) is 5.75 Å². The molecule has 1 aromatic carbocycles. The van der Waals surface area contributed by atoms with Crippen molar-refractivity contribution in [2.45, 2.75) is 19.8 Å². The predicted octanol–water partition coefficient (Wildman–Crippen LogP) is 1.77. The van der Waals surface area contributed by atoms with E-state index in [1.54, 1.807) is 25.3 Å². The molecule has 0 unspecified atom stereocenters. The van der Waals surface area contributed by atoms with Gasteiger partial charge in [-0.05, 0) is 11.6 Å². The lowest BCUT2D eigenvalue weighted by Gasteiger charge is -2.06. The van der Waals surface area contributed by atoms with E-state index in [-0.39, 0.29) is 24.6 Å². The quantitative estimate of drug-likeness (QED) is 0.611. The number of nitro benzene ring substituents is 1. The highest BCUT2D eigenvalue weighted by molar-refractivity contribution is 5.48. The molecule has 21 heavy (non-hydrogen) atoms. The number of hydrogen-bond donors (Lipinski definition) is 1. The van der Waals surface area contributed by atoms with Gasteiger partial charge in [-0.15, -0.1) is 0 Å². The van der Waals surface area contributed by atoms with Gasteiger partial charge < -0.3 is 19.7 Å². The van der Waals surface area contributed by atoms with Crippen LogP contribution >= 0.6 is 0 Å². The number of methoxy groups -OCH3 is 1. The highest BCUT2D eigenvalue weighted by atomic mass is 16.6. The lowest BCUT2D eigenvalue weighted by Crippen LogP contribution is -2.02. The smallest absolute Gasteiger partial charge is 0.310 e. The second-order valence-electron chi connectivity index (χ2n) is 4.27. The molecule has 1 aromatic heterocycles. The molecule has 2 rings (SSSR count). The summed E-state index contributed by atoms with van der Waals surface area (Å²) in [4.78, 5) is 10.5. The molecule has 0 bridgehead atoms. The normalized spacial score (nSPS) is 10.6. The van der Waals surface area contributed by atoms with Crippen LogP contribution in [-0.4, -0.2) is 17.2 Å². The van der Waals surface area contributed by atoms with Gasteiger partial charge in [-0.25, -0.2) is 0 Å². The van der Waals surface area contributed by atoms with E-state index in [9.17, 15) is 10.1 Å². The zero-order chi connectivity index (χ0) is 15.2. The summed E-state index contributed by atoms with van der Waals surface area (Å²) in [7, 11) is 1.54. The molecule has 8 heteroatoms. The molecule has 0 aliphatic heterocycles. The van der Waals surface area contributed by atoms with Crippen LogP contribution in [0.1, 0.15) is 17.0 Å². The Morgan fingerprint density at radius 2 is 2.19 bits per heavy atom. The van der Waals surface area contributed by atoms with Crippen LogP contribution in [0.5, 0.6) is 5.75 Å². The van der Waals surface area contributed by atoms with Crippen molar-refractivity contribution in [3.63, 3.8) is 0 Å². The van der Waals surface area contributed by atoms with Gasteiger partial charge in [0, 0.05) is 25.8 Å². The van der Waals surface area contributed by atoms with E-state index in [0.29, 0.717) is 18.1 Å². The number of nitrogens with two attached hydrogens (primary N) is 1. The Morgan fingerprint density at radius 3 is 2.86 bits per heavy atom. The van der Waals surface area contributed by atoms with E-state index in [4.69, 9.17) is 19.7 Å². The molecule has 2 N–H and O–H groups in total. The summed E-state index contributed by atoms with van der Waals surface area (Å²) >= 11 is 0. The number of hydrogen-bond acceptors (Lipinski definition) is 7. The highest BCUT2D eigenvalue weighted by Gasteiger charge is 2.16. The molecule has 0 aliphatic rings. The summed E-state index contributed by atoms with van der Waals surface area (Å²) in [6.07, 6.45) is 0. The van der Waals surface area contributed by atoms with Crippen molar-refractivity contribution in [1.82, 2.24) is 5.16 Å². The second kappa shape index (κ2) is 6.82. The van der Waals surface area contributed by atoms with Crippen molar-refractivity contribution < 1.29 is 18.9 Å². The van der Waals surface area contributed by atoms with Crippen molar-refractivity contribution >= 4 is 5.69 Å². The van der Waals surface area contributed by atoms with Gasteiger partial charge in [0.2, 0.25) is 0 Å². The average Bonchev–Trinajstić information content (AvgIpc) is 2.92. The number of aromatic nitrogens is 1. The van der Waals surface area contributed by atoms with Gasteiger partial charge in [0.05, 0.1) is 4.92 Å². The van der Waals surface area contributed by atoms with Crippen LogP contribution < -0.4 is 10.5 Å². The SMILES string of the molecule is COCc1cc(COc2cc(CN)ccc2[N+](=O)[O-])no1. The first-order valence-corrected chi connectivity index (χ1v) is 6.17. The van der Waals surface area contributed by atoms with Gasteiger partial charge in [-0.2, -0.15) is 0 Å². The summed E-state index contributed by atoms with van der Waals surface area (Å²) in [5.74, 6) is 0.709. The fourth-order valence-electron chi connectivity index (χ4n) is 1.74. The fourth-order valence-corrected chi connectivity index (χ4v) is 1.74. The van der Waals surface area contributed by atoms with Crippen LogP contribution in [0.25, 0.3) is 0 Å². The first kappa shape index (κ1) is 14.9. The van der Waals surface area contributed by atoms with Crippen molar-refractivity contribution in [2.24, 2.45) is 5.73 Å². The van der Waals surface area contributed by atoms with E-state index in [1.807, 2.05) is 0 Å². The molecule has 8 nitrogen and oxygen atoms in total. The maximum atomic E-state index is 11.0. The van der Waals surface area contributed by atoms with E-state index in [2.05, 4.69) is 5.16 Å². The van der Waals surface area contributed by atoms with Gasteiger partial charge >= 0.3 is 5.69 Å². The molecule has 112 valence electrons. The summed E-state index contributed by atoms with van der Waals surface area (Å²) in [6.45, 7) is 0.633. The Balaban J connectivity index is 2.12. The van der Waals surface area contributed by atoms with Crippen LogP contribution in [0, 0.1) is 10.1 Å². The maximum absolute atomic E-state index is 11.0. The van der Waals surface area contributed by atoms with Gasteiger partial charge in [-0.1, -0.05) is 11.2 Å². The summed E-state index contributed by atoms with van der Waals surface area (Å²) in [5, 5.41) is 14.8. The number of benzene rings is 1. The molecule has 0 atom stereocenters. The zero-order valence-electron chi connectivity index (χ0n) is 11.4. The number of nitro groups is 1. The third-order valence-corrected chi connectivity index (χ3v) is 2.73. The molecular weight excluding hydrogens is 278 g/mol. The lowest BCUT2D eigenvalue weighted by atomic mass is 10.2. The Morgan fingerprint density at radius 1 is 1.38 bits per heavy atom. The topological polar surface area (TPSA) is 114 Å². The minimum atomic E-state index is -0.505. The van der Waals surface area contributed by atoms with Crippen LogP contribution in [0.3, 0.4) is 0 Å². The Labute approximate surface area is 120 Å². The van der Waals surface area contributed by atoms with Crippen LogP contribution in [0.2, 0.25) is 0 Å². The fraction of sp³-hybridized carbons (Fsp3) is 0.308. The molecule has 1 heterocycles. The number of ether oxygens (including phenoxy) is 2. The summed E-state index contributed by atoms with van der Waals surface area (Å²) in [6, 6.07) is 6.19. The van der Waals surface area contributed by atoms with Crippen LogP contribution in [0.15, 0.2) is 28.8 Å². The van der Waals surface area contributed by atoms with E-state index < -0.39 is 4.92 Å². The molecule has 0 radical (unpaired) electrons. The van der Waals surface area contributed by atoms with Gasteiger partial charge in [0.15, 0.2) is 11.5 Å². The zero-order valence-corrected chi connectivity index (χ0v) is 11.4. The molecular formula is C13H15N3O5. The first-order chi connectivity index (χ1) is 10.1. The first-order valence-electron chi connectivity index (χ1n) is 6.17. The van der Waals surface area contributed by atoms with Gasteiger partial charge in [-0.3, -0.25) is 10.1 Å². The predicted molar refractivity (Wildman–Crippen MR) is 72.5 cm³/mol. The standard InChI is InChI=1S/C13H15N3O5/c1-19-8-11-5-10(15-21-11)7-20-13-4-9(6-14)2-3-12(13)16(17)18/h2-5H,6-8,14H2,1H3. The van der Waals surface area contributed by atoms with E-state index >= 15 is 0 Å².